The van der Waals surface area contributed by atoms with Crippen molar-refractivity contribution in [3.8, 4) is 5.88 Å². The van der Waals surface area contributed by atoms with Gasteiger partial charge in [-0.3, -0.25) is 0 Å². The molecule has 1 heterocycles. The summed E-state index contributed by atoms with van der Waals surface area (Å²) in [6.07, 6.45) is 2.27. The Kier molecular flexibility index (Phi) is 4.35. The van der Waals surface area contributed by atoms with Crippen molar-refractivity contribution in [2.45, 2.75) is 19.4 Å². The van der Waals surface area contributed by atoms with Crippen LogP contribution in [-0.4, -0.2) is 23.3 Å². The van der Waals surface area contributed by atoms with Crippen LogP contribution in [0.15, 0.2) is 18.3 Å². The Morgan fingerprint density at radius 1 is 1.64 bits per heavy atom. The highest BCUT2D eigenvalue weighted by molar-refractivity contribution is 5.27. The normalized spacial score (nSPS) is 12.5. The minimum absolute atomic E-state index is 0.0900. The van der Waals surface area contributed by atoms with Crippen LogP contribution >= 0.6 is 0 Å². The van der Waals surface area contributed by atoms with E-state index >= 15 is 0 Å². The Bertz CT molecular complexity index is 277. The first-order valence-corrected chi connectivity index (χ1v) is 4.70. The van der Waals surface area contributed by atoms with Gasteiger partial charge >= 0.3 is 0 Å². The second-order valence-corrected chi connectivity index (χ2v) is 3.11. The van der Waals surface area contributed by atoms with Crippen molar-refractivity contribution in [3.63, 3.8) is 0 Å². The molecule has 0 fully saturated rings. The van der Waals surface area contributed by atoms with Crippen LogP contribution in [0.5, 0.6) is 5.88 Å². The van der Waals surface area contributed by atoms with E-state index in [9.17, 15) is 0 Å². The molecular formula is C10H16N2O2. The van der Waals surface area contributed by atoms with E-state index in [1.165, 1.54) is 0 Å². The summed E-state index contributed by atoms with van der Waals surface area (Å²) in [4.78, 5) is 4.09. The molecule has 0 amide bonds. The first-order chi connectivity index (χ1) is 6.75. The van der Waals surface area contributed by atoms with E-state index in [4.69, 9.17) is 15.6 Å². The lowest BCUT2D eigenvalue weighted by Crippen LogP contribution is -2.10. The van der Waals surface area contributed by atoms with Crippen molar-refractivity contribution < 1.29 is 9.84 Å². The van der Waals surface area contributed by atoms with Gasteiger partial charge < -0.3 is 15.6 Å². The van der Waals surface area contributed by atoms with E-state index in [2.05, 4.69) is 4.98 Å². The molecule has 1 atom stereocenters. The summed E-state index contributed by atoms with van der Waals surface area (Å²) in [6.45, 7) is 2.48. The van der Waals surface area contributed by atoms with Crippen LogP contribution in [0, 0.1) is 0 Å². The van der Waals surface area contributed by atoms with Crippen LogP contribution in [0.25, 0.3) is 0 Å². The highest BCUT2D eigenvalue weighted by Gasteiger charge is 2.07. The molecule has 14 heavy (non-hydrogen) atoms. The number of aliphatic hydroxyl groups excluding tert-OH is 1. The van der Waals surface area contributed by atoms with E-state index in [0.717, 1.165) is 5.56 Å². The molecule has 0 spiro atoms. The first-order valence-electron chi connectivity index (χ1n) is 4.70. The monoisotopic (exact) mass is 196 g/mol. The Morgan fingerprint density at radius 2 is 2.43 bits per heavy atom. The summed E-state index contributed by atoms with van der Waals surface area (Å²) < 4.78 is 5.39. The fourth-order valence-electron chi connectivity index (χ4n) is 1.10. The largest absolute Gasteiger partial charge is 0.477 e. The first kappa shape index (κ1) is 10.9. The van der Waals surface area contributed by atoms with E-state index in [1.807, 2.05) is 19.1 Å². The van der Waals surface area contributed by atoms with Crippen LogP contribution in [0.2, 0.25) is 0 Å². The van der Waals surface area contributed by atoms with Gasteiger partial charge in [0.15, 0.2) is 0 Å². The molecule has 78 valence electrons. The fourth-order valence-corrected chi connectivity index (χ4v) is 1.10. The highest BCUT2D eigenvalue weighted by Crippen LogP contribution is 2.20. The van der Waals surface area contributed by atoms with Crippen LogP contribution in [0.1, 0.15) is 24.9 Å². The molecule has 0 saturated heterocycles. The summed E-state index contributed by atoms with van der Waals surface area (Å²) in [5.74, 6) is 0.566. The number of nitrogens with zero attached hydrogens (tertiary/aromatic N) is 1. The van der Waals surface area contributed by atoms with Crippen molar-refractivity contribution >= 4 is 0 Å². The van der Waals surface area contributed by atoms with Gasteiger partial charge in [0, 0.05) is 30.8 Å². The smallest absolute Gasteiger partial charge is 0.218 e. The number of ether oxygens (including phenoxy) is 1. The Balaban J connectivity index is 2.64. The fraction of sp³-hybridized carbons (Fsp3) is 0.500. The average Bonchev–Trinajstić information content (AvgIpc) is 2.19. The molecule has 4 nitrogen and oxygen atoms in total. The van der Waals surface area contributed by atoms with Gasteiger partial charge in [-0.05, 0) is 13.0 Å². The lowest BCUT2D eigenvalue weighted by atomic mass is 10.1. The second-order valence-electron chi connectivity index (χ2n) is 3.11. The lowest BCUT2D eigenvalue weighted by Gasteiger charge is -2.11. The highest BCUT2D eigenvalue weighted by atomic mass is 16.5. The molecule has 0 unspecified atom stereocenters. The van der Waals surface area contributed by atoms with Crippen LogP contribution in [-0.2, 0) is 0 Å². The number of pyridine rings is 1. The number of aromatic nitrogens is 1. The van der Waals surface area contributed by atoms with Crippen molar-refractivity contribution in [2.24, 2.45) is 5.73 Å². The molecule has 0 bridgehead atoms. The van der Waals surface area contributed by atoms with Gasteiger partial charge in [0.05, 0.1) is 6.61 Å². The predicted octanol–water partition coefficient (Wildman–Crippen LogP) is 0.863. The van der Waals surface area contributed by atoms with Gasteiger partial charge in [-0.2, -0.15) is 0 Å². The number of hydrogen-bond donors (Lipinski definition) is 2. The zero-order valence-electron chi connectivity index (χ0n) is 8.31. The van der Waals surface area contributed by atoms with Crippen LogP contribution < -0.4 is 10.5 Å². The third-order valence-electron chi connectivity index (χ3n) is 1.83. The molecular weight excluding hydrogens is 180 g/mol. The average molecular weight is 196 g/mol. The van der Waals surface area contributed by atoms with E-state index in [0.29, 0.717) is 18.9 Å². The predicted molar refractivity (Wildman–Crippen MR) is 54.0 cm³/mol. The Labute approximate surface area is 83.7 Å². The van der Waals surface area contributed by atoms with Crippen LogP contribution in [0.3, 0.4) is 0 Å². The molecule has 0 radical (unpaired) electrons. The van der Waals surface area contributed by atoms with Crippen molar-refractivity contribution in [1.82, 2.24) is 4.98 Å². The molecule has 4 heteroatoms. The van der Waals surface area contributed by atoms with Gasteiger partial charge in [-0.15, -0.1) is 0 Å². The summed E-state index contributed by atoms with van der Waals surface area (Å²) in [5.41, 5.74) is 6.64. The van der Waals surface area contributed by atoms with Gasteiger partial charge in [0.25, 0.3) is 0 Å². The van der Waals surface area contributed by atoms with Crippen LogP contribution in [0.4, 0.5) is 0 Å². The topological polar surface area (TPSA) is 68.4 Å². The maximum absolute atomic E-state index is 8.60. The van der Waals surface area contributed by atoms with Gasteiger partial charge in [-0.25, -0.2) is 4.98 Å². The van der Waals surface area contributed by atoms with E-state index in [-0.39, 0.29) is 12.6 Å². The molecule has 0 aromatic carbocycles. The molecule has 3 N–H and O–H groups in total. The lowest BCUT2D eigenvalue weighted by molar-refractivity contribution is 0.227. The molecule has 1 aromatic heterocycles. The maximum Gasteiger partial charge on any atom is 0.218 e. The molecule has 1 aromatic rings. The van der Waals surface area contributed by atoms with Crippen molar-refractivity contribution in [3.05, 3.63) is 23.9 Å². The molecule has 1 rings (SSSR count). The summed E-state index contributed by atoms with van der Waals surface area (Å²) in [7, 11) is 0. The Hall–Kier alpha value is -1.13. The quantitative estimate of drug-likeness (QED) is 0.685. The number of nitrogens with two attached hydrogens (primary N) is 1. The van der Waals surface area contributed by atoms with Gasteiger partial charge in [0.1, 0.15) is 0 Å². The molecule has 0 aliphatic carbocycles. The van der Waals surface area contributed by atoms with E-state index in [1.54, 1.807) is 6.20 Å². The Morgan fingerprint density at radius 3 is 3.07 bits per heavy atom. The molecule has 0 saturated carbocycles. The standard InChI is InChI=1S/C10H16N2O2/c1-8(11)9-4-2-5-12-10(9)14-7-3-6-13/h2,4-5,8,13H,3,6-7,11H2,1H3/t8-/m1/s1. The van der Waals surface area contributed by atoms with Gasteiger partial charge in [0.2, 0.25) is 5.88 Å². The second kappa shape index (κ2) is 5.57. The van der Waals surface area contributed by atoms with Gasteiger partial charge in [-0.1, -0.05) is 6.07 Å². The minimum atomic E-state index is -0.0900. The third-order valence-corrected chi connectivity index (χ3v) is 1.83. The third kappa shape index (κ3) is 2.97. The van der Waals surface area contributed by atoms with Crippen molar-refractivity contribution in [1.29, 1.82) is 0 Å². The zero-order valence-corrected chi connectivity index (χ0v) is 8.31. The van der Waals surface area contributed by atoms with Crippen molar-refractivity contribution in [2.75, 3.05) is 13.2 Å². The molecule has 0 aliphatic heterocycles. The summed E-state index contributed by atoms with van der Waals surface area (Å²) in [5, 5.41) is 8.60. The number of rotatable bonds is 5. The number of aliphatic hydroxyl groups is 1. The minimum Gasteiger partial charge on any atom is -0.477 e. The summed E-state index contributed by atoms with van der Waals surface area (Å²) in [6, 6.07) is 3.64. The summed E-state index contributed by atoms with van der Waals surface area (Å²) >= 11 is 0. The number of hydrogen-bond acceptors (Lipinski definition) is 4. The van der Waals surface area contributed by atoms with E-state index < -0.39 is 0 Å². The SMILES string of the molecule is C[C@@H](N)c1cccnc1OCCCO. The maximum atomic E-state index is 8.60. The zero-order chi connectivity index (χ0) is 10.4. The molecule has 0 aliphatic rings.